The second kappa shape index (κ2) is 8.17. The number of carbonyl (C=O) groups excluding carboxylic acids is 1. The van der Waals surface area contributed by atoms with E-state index in [-0.39, 0.29) is 11.2 Å². The molecule has 0 amide bonds. The summed E-state index contributed by atoms with van der Waals surface area (Å²) in [5.74, 6) is 0.139. The monoisotopic (exact) mass is 453 g/mol. The Balaban J connectivity index is 0.000000152. The molecule has 1 aliphatic carbocycles. The topological polar surface area (TPSA) is 70.8 Å². The number of furan rings is 1. The van der Waals surface area contributed by atoms with E-state index in [1.807, 2.05) is 35.2 Å². The van der Waals surface area contributed by atoms with Crippen molar-refractivity contribution < 1.29 is 19.1 Å². The number of ketones is 1. The molecule has 34 heavy (non-hydrogen) atoms. The molecule has 5 heteroatoms. The number of Topliss-reactive ketones (excluding diaryl/α,β-unsaturated/α-hetero) is 1. The van der Waals surface area contributed by atoms with Crippen LogP contribution in [0.2, 0.25) is 0 Å². The van der Waals surface area contributed by atoms with Gasteiger partial charge in [-0.2, -0.15) is 0 Å². The van der Waals surface area contributed by atoms with Crippen LogP contribution in [-0.2, 0) is 21.4 Å². The predicted molar refractivity (Wildman–Crippen MR) is 133 cm³/mol. The number of carboxylic acid groups (broad SMARTS) is 1. The first-order chi connectivity index (χ1) is 16.2. The van der Waals surface area contributed by atoms with Crippen LogP contribution in [-0.4, -0.2) is 28.3 Å². The summed E-state index contributed by atoms with van der Waals surface area (Å²) in [7, 11) is 0. The van der Waals surface area contributed by atoms with Crippen molar-refractivity contribution in [1.82, 2.24) is 4.90 Å². The third-order valence-electron chi connectivity index (χ3n) is 6.49. The summed E-state index contributed by atoms with van der Waals surface area (Å²) in [5.41, 5.74) is 4.97. The van der Waals surface area contributed by atoms with Crippen LogP contribution in [0.15, 0.2) is 64.7 Å². The summed E-state index contributed by atoms with van der Waals surface area (Å²) in [4.78, 5) is 24.2. The lowest BCUT2D eigenvalue weighted by atomic mass is 9.87. The molecule has 1 aromatic heterocycles. The van der Waals surface area contributed by atoms with E-state index in [9.17, 15) is 9.59 Å². The average molecular weight is 454 g/mol. The Bertz CT molecular complexity index is 1510. The summed E-state index contributed by atoms with van der Waals surface area (Å²) in [6.45, 7) is 7.32. The van der Waals surface area contributed by atoms with Crippen LogP contribution in [0.4, 0.5) is 0 Å². The minimum Gasteiger partial charge on any atom is -0.478 e. The van der Waals surface area contributed by atoms with Crippen LogP contribution >= 0.6 is 0 Å². The Kier molecular flexibility index (Phi) is 5.28. The van der Waals surface area contributed by atoms with Crippen LogP contribution in [0.3, 0.4) is 0 Å². The lowest BCUT2D eigenvalue weighted by molar-refractivity contribution is -0.132. The first-order valence-corrected chi connectivity index (χ1v) is 11.5. The zero-order valence-electron chi connectivity index (χ0n) is 19.6. The maximum Gasteiger partial charge on any atom is 0.333 e. The largest absolute Gasteiger partial charge is 0.478 e. The van der Waals surface area contributed by atoms with Gasteiger partial charge in [0.1, 0.15) is 5.58 Å². The molecule has 0 radical (unpaired) electrons. The molecule has 0 saturated heterocycles. The molecule has 5 nitrogen and oxygen atoms in total. The minimum atomic E-state index is -0.851. The van der Waals surface area contributed by atoms with Gasteiger partial charge in [0.25, 0.3) is 0 Å². The molecule has 1 N–H and O–H groups in total. The van der Waals surface area contributed by atoms with Crippen LogP contribution in [0.25, 0.3) is 28.8 Å². The molecule has 0 atom stereocenters. The highest BCUT2D eigenvalue weighted by Gasteiger charge is 2.28. The van der Waals surface area contributed by atoms with E-state index < -0.39 is 5.97 Å². The zero-order chi connectivity index (χ0) is 24.0. The third kappa shape index (κ3) is 3.98. The van der Waals surface area contributed by atoms with Gasteiger partial charge in [-0.25, -0.2) is 4.79 Å². The highest BCUT2D eigenvalue weighted by atomic mass is 16.4. The van der Waals surface area contributed by atoms with Gasteiger partial charge in [0.2, 0.25) is 0 Å². The van der Waals surface area contributed by atoms with Crippen LogP contribution in [0.1, 0.15) is 44.1 Å². The maximum absolute atomic E-state index is 11.1. The SMILES string of the molecule is CC(C)(C)c1ccc2c(c1)=CC(=O)C=2.O=C(O)C1=CN2CCc3c(oc4ccccc34)C2=CC1. The van der Waals surface area contributed by atoms with E-state index in [0.717, 1.165) is 45.8 Å². The number of allylic oxidation sites excluding steroid dienone is 1. The second-order valence-corrected chi connectivity index (χ2v) is 9.89. The highest BCUT2D eigenvalue weighted by Crippen LogP contribution is 2.38. The number of nitrogens with zero attached hydrogens (tertiary/aromatic N) is 1. The molecule has 0 bridgehead atoms. The molecular weight excluding hydrogens is 426 g/mol. The fourth-order valence-corrected chi connectivity index (χ4v) is 4.62. The number of para-hydroxylation sites is 1. The number of hydrogen-bond donors (Lipinski definition) is 1. The summed E-state index contributed by atoms with van der Waals surface area (Å²) < 4.78 is 5.97. The van der Waals surface area contributed by atoms with E-state index in [1.54, 1.807) is 18.4 Å². The second-order valence-electron chi connectivity index (χ2n) is 9.89. The normalized spacial score (nSPS) is 16.2. The van der Waals surface area contributed by atoms with Crippen molar-refractivity contribution in [1.29, 1.82) is 0 Å². The smallest absolute Gasteiger partial charge is 0.333 e. The molecule has 0 unspecified atom stereocenters. The van der Waals surface area contributed by atoms with Gasteiger partial charge >= 0.3 is 5.97 Å². The lowest BCUT2D eigenvalue weighted by Crippen LogP contribution is -2.27. The van der Waals surface area contributed by atoms with Crippen LogP contribution in [0, 0.1) is 0 Å². The maximum atomic E-state index is 11.1. The number of fused-ring (bicyclic) bond motifs is 6. The van der Waals surface area contributed by atoms with Gasteiger partial charge in [-0.05, 0) is 46.1 Å². The molecule has 0 saturated carbocycles. The number of rotatable bonds is 1. The van der Waals surface area contributed by atoms with Gasteiger partial charge in [-0.15, -0.1) is 0 Å². The van der Waals surface area contributed by atoms with Gasteiger partial charge in [0.15, 0.2) is 11.5 Å². The Morgan fingerprint density at radius 1 is 1.06 bits per heavy atom. The first kappa shape index (κ1) is 22.0. The van der Waals surface area contributed by atoms with E-state index >= 15 is 0 Å². The fourth-order valence-electron chi connectivity index (χ4n) is 4.62. The Hall–Kier alpha value is -3.86. The molecule has 2 aromatic carbocycles. The molecule has 0 fully saturated rings. The zero-order valence-corrected chi connectivity index (χ0v) is 19.6. The van der Waals surface area contributed by atoms with Gasteiger partial charge in [0.05, 0.1) is 11.3 Å². The van der Waals surface area contributed by atoms with Crippen molar-refractivity contribution in [3.05, 3.63) is 87.6 Å². The van der Waals surface area contributed by atoms with E-state index in [4.69, 9.17) is 9.52 Å². The standard InChI is InChI=1S/C16H13NO3.C13H14O/c18-16(19)10-5-6-13-15-12(7-8-17(13)9-10)11-3-1-2-4-14(11)20-15;1-13(2,3)11-5-4-9-7-12(14)8-10(9)6-11/h1-4,6,9H,5,7-8H2,(H,18,19);4-8H,1-3H3. The highest BCUT2D eigenvalue weighted by molar-refractivity contribution is 6.26. The van der Waals surface area contributed by atoms with Gasteiger partial charge < -0.3 is 14.4 Å². The molecule has 172 valence electrons. The van der Waals surface area contributed by atoms with Crippen molar-refractivity contribution in [3.63, 3.8) is 0 Å². The van der Waals surface area contributed by atoms with Crippen molar-refractivity contribution in [2.45, 2.75) is 39.0 Å². The van der Waals surface area contributed by atoms with E-state index in [2.05, 4.69) is 39.0 Å². The van der Waals surface area contributed by atoms with Crippen molar-refractivity contribution in [3.8, 4) is 0 Å². The fraction of sp³-hybridized carbons (Fsp3) is 0.241. The summed E-state index contributed by atoms with van der Waals surface area (Å²) in [6, 6.07) is 14.3. The molecule has 6 rings (SSSR count). The summed E-state index contributed by atoms with van der Waals surface area (Å²) in [5, 5.41) is 12.4. The average Bonchev–Trinajstić information content (AvgIpc) is 3.37. The van der Waals surface area contributed by atoms with Crippen LogP contribution in [0.5, 0.6) is 0 Å². The van der Waals surface area contributed by atoms with E-state index in [1.165, 1.54) is 11.1 Å². The summed E-state index contributed by atoms with van der Waals surface area (Å²) in [6.07, 6.45) is 8.37. The molecule has 2 aliphatic heterocycles. The molecular formula is C29H27NO4. The number of aliphatic carboxylic acids is 1. The molecule has 3 aliphatic rings. The number of hydrogen-bond acceptors (Lipinski definition) is 4. The van der Waals surface area contributed by atoms with Gasteiger partial charge in [0, 0.05) is 30.1 Å². The third-order valence-corrected chi connectivity index (χ3v) is 6.49. The molecule has 3 aromatic rings. The number of benzene rings is 2. The predicted octanol–water partition coefficient (Wildman–Crippen LogP) is 4.13. The quantitative estimate of drug-likeness (QED) is 0.600. The molecule has 0 spiro atoms. The minimum absolute atomic E-state index is 0.103. The molecule has 3 heterocycles. The Morgan fingerprint density at radius 3 is 2.59 bits per heavy atom. The lowest BCUT2D eigenvalue weighted by Gasteiger charge is -2.30. The Morgan fingerprint density at radius 2 is 1.82 bits per heavy atom. The summed E-state index contributed by atoms with van der Waals surface area (Å²) >= 11 is 0. The van der Waals surface area contributed by atoms with Crippen LogP contribution < -0.4 is 10.4 Å². The van der Waals surface area contributed by atoms with Gasteiger partial charge in [-0.3, -0.25) is 4.79 Å². The van der Waals surface area contributed by atoms with Gasteiger partial charge in [-0.1, -0.05) is 63.2 Å². The van der Waals surface area contributed by atoms with Crippen molar-refractivity contribution in [2.24, 2.45) is 0 Å². The van der Waals surface area contributed by atoms with E-state index in [0.29, 0.717) is 12.0 Å². The number of carbonyl (C=O) groups is 2. The number of carboxylic acids is 1. The van der Waals surface area contributed by atoms with Crippen molar-refractivity contribution >= 4 is 40.6 Å². The first-order valence-electron chi connectivity index (χ1n) is 11.5. The Labute approximate surface area is 198 Å². The van der Waals surface area contributed by atoms with Crippen molar-refractivity contribution in [2.75, 3.05) is 6.54 Å².